The fraction of sp³-hybridized carbons (Fsp3) is 0.895. The summed E-state index contributed by atoms with van der Waals surface area (Å²) in [5.41, 5.74) is 0. The summed E-state index contributed by atoms with van der Waals surface area (Å²) in [6.07, 6.45) is 29.7. The van der Waals surface area contributed by atoms with Crippen molar-refractivity contribution in [2.45, 2.75) is 174 Å². The maximum Gasteiger partial charge on any atom is 0.472 e. The van der Waals surface area contributed by atoms with Gasteiger partial charge in [-0.2, -0.15) is 0 Å². The molecule has 0 radical (unpaired) electrons. The van der Waals surface area contributed by atoms with Gasteiger partial charge in [-0.25, -0.2) is 4.57 Å². The van der Waals surface area contributed by atoms with Crippen LogP contribution in [-0.2, 0) is 32.7 Å². The van der Waals surface area contributed by atoms with Crippen LogP contribution < -0.4 is 0 Å². The predicted molar refractivity (Wildman–Crippen MR) is 197 cm³/mol. The summed E-state index contributed by atoms with van der Waals surface area (Å²) in [6, 6.07) is 0. The van der Waals surface area contributed by atoms with Crippen molar-refractivity contribution in [1.29, 1.82) is 0 Å². The fourth-order valence-corrected chi connectivity index (χ4v) is 5.93. The maximum atomic E-state index is 12.6. The number of unbranched alkanes of at least 4 members (excludes halogenated alkanes) is 19. The number of rotatable bonds is 35. The van der Waals surface area contributed by atoms with Gasteiger partial charge in [0.2, 0.25) is 0 Å². The Kier molecular flexibility index (Phi) is 30.9. The largest absolute Gasteiger partial charge is 0.472 e. The molecule has 2 atom stereocenters. The Morgan fingerprint density at radius 2 is 1.06 bits per heavy atom. The van der Waals surface area contributed by atoms with Crippen LogP contribution in [0.25, 0.3) is 0 Å². The number of quaternary nitrogens is 1. The number of likely N-dealkylation sites (N-methyl/N-ethyl adjacent to an activating group) is 1. The zero-order valence-electron chi connectivity index (χ0n) is 31.7. The van der Waals surface area contributed by atoms with Crippen LogP contribution >= 0.6 is 7.82 Å². The van der Waals surface area contributed by atoms with Crippen LogP contribution in [0.4, 0.5) is 0 Å². The lowest BCUT2D eigenvalue weighted by atomic mass is 10.1. The Morgan fingerprint density at radius 1 is 0.625 bits per heavy atom. The van der Waals surface area contributed by atoms with E-state index in [0.717, 1.165) is 51.4 Å². The van der Waals surface area contributed by atoms with E-state index < -0.39 is 26.5 Å². The summed E-state index contributed by atoms with van der Waals surface area (Å²) in [5, 5.41) is 0. The van der Waals surface area contributed by atoms with E-state index in [1.807, 2.05) is 21.1 Å². The molecular formula is C38H75NO8P+. The van der Waals surface area contributed by atoms with Crippen molar-refractivity contribution in [3.8, 4) is 0 Å². The smallest absolute Gasteiger partial charge is 0.462 e. The van der Waals surface area contributed by atoms with E-state index in [2.05, 4.69) is 26.0 Å². The molecule has 0 aromatic rings. The van der Waals surface area contributed by atoms with Crippen molar-refractivity contribution in [3.63, 3.8) is 0 Å². The number of phosphoric acid groups is 1. The van der Waals surface area contributed by atoms with E-state index in [-0.39, 0.29) is 25.6 Å². The number of hydrogen-bond acceptors (Lipinski definition) is 7. The van der Waals surface area contributed by atoms with Gasteiger partial charge in [-0.3, -0.25) is 18.6 Å². The summed E-state index contributed by atoms with van der Waals surface area (Å²) in [5.74, 6) is -0.807. The van der Waals surface area contributed by atoms with Gasteiger partial charge in [-0.05, 0) is 38.5 Å². The Bertz CT molecular complexity index is 845. The minimum absolute atomic E-state index is 0.0327. The lowest BCUT2D eigenvalue weighted by Gasteiger charge is -2.24. The number of nitrogens with zero attached hydrogens (tertiary/aromatic N) is 1. The first kappa shape index (κ1) is 46.8. The van der Waals surface area contributed by atoms with Crippen LogP contribution in [0.5, 0.6) is 0 Å². The van der Waals surface area contributed by atoms with E-state index >= 15 is 0 Å². The normalized spacial score (nSPS) is 13.9. The second kappa shape index (κ2) is 31.7. The third kappa shape index (κ3) is 34.6. The Labute approximate surface area is 295 Å². The van der Waals surface area contributed by atoms with Gasteiger partial charge in [0.05, 0.1) is 27.7 Å². The van der Waals surface area contributed by atoms with E-state index in [4.69, 9.17) is 18.5 Å². The SMILES string of the molecule is CCCCCCC/C=C\CCCCCCCC(=O)O[C@H](COC(=O)CCCCCCCCCCCC)COP(=O)(O)OCC[N+](C)(C)C. The molecule has 1 N–H and O–H groups in total. The standard InChI is InChI=1S/C38H74NO8P/c1-6-8-10-12-14-16-18-19-20-21-23-25-27-29-31-38(41)47-36(35-46-48(42,43)45-33-32-39(3,4)5)34-44-37(40)30-28-26-24-22-17-15-13-11-9-7-2/h18-19,36H,6-17,20-35H2,1-5H3/p+1/b19-18-/t36-/m1/s1. The minimum Gasteiger partial charge on any atom is -0.462 e. The van der Waals surface area contributed by atoms with Gasteiger partial charge in [0.1, 0.15) is 19.8 Å². The lowest BCUT2D eigenvalue weighted by molar-refractivity contribution is -0.870. The summed E-state index contributed by atoms with van der Waals surface area (Å²) >= 11 is 0. The number of hydrogen-bond donors (Lipinski definition) is 1. The first-order valence-electron chi connectivity index (χ1n) is 19.4. The summed E-state index contributed by atoms with van der Waals surface area (Å²) in [4.78, 5) is 35.1. The van der Waals surface area contributed by atoms with Gasteiger partial charge in [-0.1, -0.05) is 129 Å². The molecule has 0 bridgehead atoms. The van der Waals surface area contributed by atoms with Crippen molar-refractivity contribution < 1.29 is 42.1 Å². The summed E-state index contributed by atoms with van der Waals surface area (Å²) in [6.45, 7) is 4.38. The van der Waals surface area contributed by atoms with E-state index in [9.17, 15) is 19.0 Å². The highest BCUT2D eigenvalue weighted by Crippen LogP contribution is 2.43. The maximum absolute atomic E-state index is 12.6. The van der Waals surface area contributed by atoms with Crippen LogP contribution in [0, 0.1) is 0 Å². The molecule has 0 aliphatic heterocycles. The van der Waals surface area contributed by atoms with Gasteiger partial charge < -0.3 is 18.9 Å². The molecule has 0 aliphatic carbocycles. The highest BCUT2D eigenvalue weighted by Gasteiger charge is 2.27. The molecule has 284 valence electrons. The molecule has 0 aliphatic rings. The van der Waals surface area contributed by atoms with Gasteiger partial charge in [-0.15, -0.1) is 0 Å². The molecule has 0 saturated heterocycles. The Hall–Kier alpha value is -1.25. The second-order valence-electron chi connectivity index (χ2n) is 14.3. The highest BCUT2D eigenvalue weighted by atomic mass is 31.2. The average molecular weight is 705 g/mol. The van der Waals surface area contributed by atoms with Crippen LogP contribution in [-0.4, -0.2) is 74.9 Å². The number of carbonyl (C=O) groups excluding carboxylic acids is 2. The van der Waals surface area contributed by atoms with E-state index in [1.165, 1.54) is 83.5 Å². The monoisotopic (exact) mass is 705 g/mol. The molecule has 0 amide bonds. The van der Waals surface area contributed by atoms with E-state index in [1.54, 1.807) is 0 Å². The molecule has 0 heterocycles. The molecule has 1 unspecified atom stereocenters. The molecule has 0 aromatic carbocycles. The van der Waals surface area contributed by atoms with Crippen molar-refractivity contribution >= 4 is 19.8 Å². The first-order valence-corrected chi connectivity index (χ1v) is 20.9. The molecule has 10 heteroatoms. The quantitative estimate of drug-likeness (QED) is 0.0228. The van der Waals surface area contributed by atoms with Gasteiger partial charge in [0.15, 0.2) is 6.10 Å². The first-order chi connectivity index (χ1) is 23.0. The Morgan fingerprint density at radius 3 is 1.54 bits per heavy atom. The van der Waals surface area contributed by atoms with E-state index in [0.29, 0.717) is 23.9 Å². The minimum atomic E-state index is -4.36. The third-order valence-electron chi connectivity index (χ3n) is 8.30. The average Bonchev–Trinajstić information content (AvgIpc) is 3.02. The van der Waals surface area contributed by atoms with Gasteiger partial charge in [0, 0.05) is 12.8 Å². The molecule has 9 nitrogen and oxygen atoms in total. The van der Waals surface area contributed by atoms with Gasteiger partial charge in [0.25, 0.3) is 0 Å². The second-order valence-corrected chi connectivity index (χ2v) is 15.8. The van der Waals surface area contributed by atoms with Crippen LogP contribution in [0.1, 0.15) is 168 Å². The fourth-order valence-electron chi connectivity index (χ4n) is 5.18. The molecular weight excluding hydrogens is 629 g/mol. The Balaban J connectivity index is 4.44. The van der Waals surface area contributed by atoms with Gasteiger partial charge >= 0.3 is 19.8 Å². The number of carbonyl (C=O) groups is 2. The van der Waals surface area contributed by atoms with Crippen molar-refractivity contribution in [2.24, 2.45) is 0 Å². The lowest BCUT2D eigenvalue weighted by Crippen LogP contribution is -2.37. The molecule has 0 aromatic heterocycles. The summed E-state index contributed by atoms with van der Waals surface area (Å²) in [7, 11) is 1.48. The van der Waals surface area contributed by atoms with Crippen LogP contribution in [0.2, 0.25) is 0 Å². The zero-order chi connectivity index (χ0) is 35.8. The van der Waals surface area contributed by atoms with Crippen molar-refractivity contribution in [2.75, 3.05) is 47.5 Å². The number of ether oxygens (including phenoxy) is 2. The summed E-state index contributed by atoms with van der Waals surface area (Å²) < 4.78 is 34.1. The topological polar surface area (TPSA) is 108 Å². The number of phosphoric ester groups is 1. The molecule has 0 spiro atoms. The van der Waals surface area contributed by atoms with Crippen molar-refractivity contribution in [3.05, 3.63) is 12.2 Å². The van der Waals surface area contributed by atoms with Crippen molar-refractivity contribution in [1.82, 2.24) is 0 Å². The highest BCUT2D eigenvalue weighted by molar-refractivity contribution is 7.47. The zero-order valence-corrected chi connectivity index (χ0v) is 32.6. The number of esters is 2. The molecule has 48 heavy (non-hydrogen) atoms. The number of allylic oxidation sites excluding steroid dienone is 2. The third-order valence-corrected chi connectivity index (χ3v) is 9.28. The molecule has 0 rings (SSSR count). The predicted octanol–water partition coefficient (Wildman–Crippen LogP) is 10.2. The molecule has 0 saturated carbocycles. The molecule has 0 fully saturated rings. The van der Waals surface area contributed by atoms with Crippen LogP contribution in [0.15, 0.2) is 12.2 Å². The van der Waals surface area contributed by atoms with Crippen LogP contribution in [0.3, 0.4) is 0 Å².